The summed E-state index contributed by atoms with van der Waals surface area (Å²) in [6, 6.07) is 4.60. The molecule has 0 aliphatic heterocycles. The minimum absolute atomic E-state index is 0.00997. The molecule has 0 unspecified atom stereocenters. The van der Waals surface area contributed by atoms with Crippen LogP contribution in [0.15, 0.2) is 18.2 Å². The highest BCUT2D eigenvalue weighted by Gasteiger charge is 2.18. The number of benzene rings is 1. The summed E-state index contributed by atoms with van der Waals surface area (Å²) in [5.41, 5.74) is 0.797. The molecule has 1 aromatic carbocycles. The Labute approximate surface area is 135 Å². The van der Waals surface area contributed by atoms with Crippen molar-refractivity contribution in [2.24, 2.45) is 0 Å². The molecule has 0 radical (unpaired) electrons. The molecule has 1 aliphatic carbocycles. The van der Waals surface area contributed by atoms with Crippen LogP contribution >= 0.6 is 11.8 Å². The summed E-state index contributed by atoms with van der Waals surface area (Å²) in [6.07, 6.45) is 6.54. The first-order valence-electron chi connectivity index (χ1n) is 7.73. The van der Waals surface area contributed by atoms with Crippen molar-refractivity contribution < 1.29 is 9.72 Å². The van der Waals surface area contributed by atoms with Crippen molar-refractivity contribution in [3.05, 3.63) is 39.4 Å². The van der Waals surface area contributed by atoms with Gasteiger partial charge in [-0.1, -0.05) is 25.3 Å². The van der Waals surface area contributed by atoms with Gasteiger partial charge in [0, 0.05) is 34.7 Å². The summed E-state index contributed by atoms with van der Waals surface area (Å²) in [5, 5.41) is 14.5. The molecule has 0 atom stereocenters. The number of hydrogen-bond acceptors (Lipinski definition) is 4. The van der Waals surface area contributed by atoms with Crippen molar-refractivity contribution in [1.29, 1.82) is 0 Å². The molecular weight excluding hydrogens is 300 g/mol. The van der Waals surface area contributed by atoms with E-state index in [1.54, 1.807) is 19.1 Å². The number of nitrogens with one attached hydrogen (secondary N) is 1. The minimum Gasteiger partial charge on any atom is -0.351 e. The van der Waals surface area contributed by atoms with Gasteiger partial charge in [0.05, 0.1) is 4.92 Å². The first-order valence-corrected chi connectivity index (χ1v) is 8.78. The Kier molecular flexibility index (Phi) is 6.24. The van der Waals surface area contributed by atoms with Crippen LogP contribution in [0.4, 0.5) is 5.69 Å². The van der Waals surface area contributed by atoms with Gasteiger partial charge < -0.3 is 5.32 Å². The molecule has 5 nitrogen and oxygen atoms in total. The fourth-order valence-corrected chi connectivity index (χ4v) is 4.00. The molecule has 22 heavy (non-hydrogen) atoms. The van der Waals surface area contributed by atoms with Crippen LogP contribution in [0.3, 0.4) is 0 Å². The van der Waals surface area contributed by atoms with E-state index in [1.807, 2.05) is 11.8 Å². The molecule has 1 fully saturated rings. The van der Waals surface area contributed by atoms with Crippen LogP contribution in [0.25, 0.3) is 0 Å². The molecule has 1 N–H and O–H groups in total. The molecule has 2 rings (SSSR count). The largest absolute Gasteiger partial charge is 0.351 e. The Balaban J connectivity index is 1.82. The van der Waals surface area contributed by atoms with Crippen molar-refractivity contribution in [2.45, 2.75) is 44.3 Å². The first kappa shape index (κ1) is 16.8. The van der Waals surface area contributed by atoms with Crippen molar-refractivity contribution in [1.82, 2.24) is 5.32 Å². The van der Waals surface area contributed by atoms with Crippen molar-refractivity contribution >= 4 is 23.4 Å². The van der Waals surface area contributed by atoms with E-state index in [0.29, 0.717) is 17.7 Å². The number of carbonyl (C=O) groups excluding carboxylic acids is 1. The number of rotatable bonds is 6. The molecule has 1 saturated carbocycles. The third-order valence-corrected chi connectivity index (χ3v) is 5.42. The molecule has 6 heteroatoms. The van der Waals surface area contributed by atoms with Crippen molar-refractivity contribution in [2.75, 3.05) is 12.3 Å². The summed E-state index contributed by atoms with van der Waals surface area (Å²) in [5.74, 6) is 0.662. The highest BCUT2D eigenvalue weighted by atomic mass is 32.2. The third-order valence-electron chi connectivity index (χ3n) is 4.04. The summed E-state index contributed by atoms with van der Waals surface area (Å²) in [6.45, 7) is 2.21. The summed E-state index contributed by atoms with van der Waals surface area (Å²) < 4.78 is 0. The van der Waals surface area contributed by atoms with Gasteiger partial charge in [-0.15, -0.1) is 0 Å². The quantitative estimate of drug-likeness (QED) is 0.492. The lowest BCUT2D eigenvalue weighted by molar-refractivity contribution is -0.385. The van der Waals surface area contributed by atoms with Gasteiger partial charge in [0.2, 0.25) is 0 Å². The Hall–Kier alpha value is -1.56. The number of thioether (sulfide) groups is 1. The molecule has 0 bridgehead atoms. The number of nitro groups is 1. The number of nitro benzene ring substituents is 1. The fraction of sp³-hybridized carbons (Fsp3) is 0.562. The average molecular weight is 322 g/mol. The first-order chi connectivity index (χ1) is 10.6. The smallest absolute Gasteiger partial charge is 0.273 e. The normalized spacial score (nSPS) is 15.5. The van der Waals surface area contributed by atoms with Gasteiger partial charge >= 0.3 is 0 Å². The van der Waals surface area contributed by atoms with Crippen LogP contribution in [-0.2, 0) is 0 Å². The highest BCUT2D eigenvalue weighted by Crippen LogP contribution is 2.27. The Bertz CT molecular complexity index is 542. The molecule has 0 saturated heterocycles. The second kappa shape index (κ2) is 8.17. The molecule has 1 aromatic rings. The number of carbonyl (C=O) groups is 1. The van der Waals surface area contributed by atoms with Crippen LogP contribution in [0.1, 0.15) is 48.0 Å². The second-order valence-electron chi connectivity index (χ2n) is 5.59. The zero-order chi connectivity index (χ0) is 15.9. The van der Waals surface area contributed by atoms with Crippen LogP contribution in [-0.4, -0.2) is 28.4 Å². The second-order valence-corrected chi connectivity index (χ2v) is 7.00. The van der Waals surface area contributed by atoms with E-state index in [4.69, 9.17) is 0 Å². The zero-order valence-corrected chi connectivity index (χ0v) is 13.7. The number of hydrogen-bond donors (Lipinski definition) is 1. The predicted octanol–water partition coefficient (Wildman–Crippen LogP) is 3.70. The number of nitrogens with zero attached hydrogens (tertiary/aromatic N) is 1. The molecule has 120 valence electrons. The van der Waals surface area contributed by atoms with Gasteiger partial charge in [0.15, 0.2) is 0 Å². The maximum atomic E-state index is 12.1. The van der Waals surface area contributed by atoms with Crippen molar-refractivity contribution in [3.8, 4) is 0 Å². The van der Waals surface area contributed by atoms with Gasteiger partial charge in [0.25, 0.3) is 11.6 Å². The van der Waals surface area contributed by atoms with Crippen molar-refractivity contribution in [3.63, 3.8) is 0 Å². The lowest BCUT2D eigenvalue weighted by Crippen LogP contribution is -2.27. The maximum Gasteiger partial charge on any atom is 0.273 e. The standard InChI is InChI=1S/C16H22N2O3S/c1-12-14(8-5-9-15(12)18(20)21)16(19)17-10-11-22-13-6-3-2-4-7-13/h5,8-9,13H,2-4,6-7,10-11H2,1H3,(H,17,19). The van der Waals surface area contributed by atoms with E-state index in [1.165, 1.54) is 38.2 Å². The maximum absolute atomic E-state index is 12.1. The fourth-order valence-electron chi connectivity index (χ4n) is 2.78. The molecule has 1 amide bonds. The highest BCUT2D eigenvalue weighted by molar-refractivity contribution is 7.99. The summed E-state index contributed by atoms with van der Waals surface area (Å²) in [4.78, 5) is 22.6. The predicted molar refractivity (Wildman–Crippen MR) is 89.5 cm³/mol. The lowest BCUT2D eigenvalue weighted by atomic mass is 10.0. The van der Waals surface area contributed by atoms with E-state index in [0.717, 1.165) is 11.0 Å². The Morgan fingerprint density at radius 2 is 2.09 bits per heavy atom. The monoisotopic (exact) mass is 322 g/mol. The van der Waals surface area contributed by atoms with E-state index in [9.17, 15) is 14.9 Å². The van der Waals surface area contributed by atoms with Crippen LogP contribution in [0.5, 0.6) is 0 Å². The summed E-state index contributed by atoms with van der Waals surface area (Å²) >= 11 is 1.92. The minimum atomic E-state index is -0.453. The van der Waals surface area contributed by atoms with Crippen LogP contribution in [0.2, 0.25) is 0 Å². The van der Waals surface area contributed by atoms with Gasteiger partial charge in [-0.2, -0.15) is 11.8 Å². The molecule has 0 spiro atoms. The van der Waals surface area contributed by atoms with E-state index in [2.05, 4.69) is 5.32 Å². The SMILES string of the molecule is Cc1c(C(=O)NCCSC2CCCCC2)cccc1[N+](=O)[O-]. The summed E-state index contributed by atoms with van der Waals surface area (Å²) in [7, 11) is 0. The van der Waals surface area contributed by atoms with E-state index >= 15 is 0 Å². The molecule has 1 aliphatic rings. The van der Waals surface area contributed by atoms with Gasteiger partial charge in [-0.3, -0.25) is 14.9 Å². The van der Waals surface area contributed by atoms with Crippen LogP contribution < -0.4 is 5.32 Å². The van der Waals surface area contributed by atoms with Gasteiger partial charge in [0.1, 0.15) is 0 Å². The van der Waals surface area contributed by atoms with Gasteiger partial charge in [-0.25, -0.2) is 0 Å². The van der Waals surface area contributed by atoms with Gasteiger partial charge in [-0.05, 0) is 25.8 Å². The Morgan fingerprint density at radius 3 is 2.77 bits per heavy atom. The third kappa shape index (κ3) is 4.47. The topological polar surface area (TPSA) is 72.2 Å². The lowest BCUT2D eigenvalue weighted by Gasteiger charge is -2.20. The Morgan fingerprint density at radius 1 is 1.36 bits per heavy atom. The van der Waals surface area contributed by atoms with E-state index < -0.39 is 4.92 Å². The van der Waals surface area contributed by atoms with Crippen LogP contribution in [0, 0.1) is 17.0 Å². The van der Waals surface area contributed by atoms with E-state index in [-0.39, 0.29) is 11.6 Å². The molecule has 0 aromatic heterocycles. The molecule has 0 heterocycles. The zero-order valence-electron chi connectivity index (χ0n) is 12.8. The number of amides is 1. The molecular formula is C16H22N2O3S. The average Bonchev–Trinajstić information content (AvgIpc) is 2.52.